The van der Waals surface area contributed by atoms with Crippen LogP contribution in [-0.2, 0) is 13.7 Å². The molecular weight excluding hydrogens is 226 g/mol. The zero-order valence-electron chi connectivity index (χ0n) is 11.1. The Morgan fingerprint density at radius 1 is 1.39 bits per heavy atom. The molecule has 96 valence electrons. The van der Waals surface area contributed by atoms with Crippen LogP contribution in [-0.4, -0.2) is 9.78 Å². The summed E-state index contributed by atoms with van der Waals surface area (Å²) in [6.45, 7) is 4.49. The Morgan fingerprint density at radius 2 is 2.17 bits per heavy atom. The Bertz CT molecular complexity index is 532. The molecule has 4 nitrogen and oxygen atoms in total. The van der Waals surface area contributed by atoms with Gasteiger partial charge in [0, 0.05) is 19.3 Å². The number of ether oxygens (including phenoxy) is 1. The van der Waals surface area contributed by atoms with Gasteiger partial charge in [0.1, 0.15) is 12.4 Å². The summed E-state index contributed by atoms with van der Waals surface area (Å²) in [6, 6.07) is 8.04. The lowest BCUT2D eigenvalue weighted by Crippen LogP contribution is -2.05. The van der Waals surface area contributed by atoms with Crippen LogP contribution in [0.15, 0.2) is 30.5 Å². The van der Waals surface area contributed by atoms with Gasteiger partial charge in [-0.25, -0.2) is 0 Å². The van der Waals surface area contributed by atoms with E-state index in [1.54, 1.807) is 4.68 Å². The zero-order valence-corrected chi connectivity index (χ0v) is 11.1. The summed E-state index contributed by atoms with van der Waals surface area (Å²) in [7, 11) is 1.90. The molecule has 0 spiro atoms. The maximum absolute atomic E-state index is 5.85. The normalized spacial score (nSPS) is 12.4. The lowest BCUT2D eigenvalue weighted by atomic mass is 10.1. The Labute approximate surface area is 107 Å². The second-order valence-corrected chi connectivity index (χ2v) is 4.58. The van der Waals surface area contributed by atoms with Crippen LogP contribution < -0.4 is 10.5 Å². The summed E-state index contributed by atoms with van der Waals surface area (Å²) >= 11 is 0. The first-order chi connectivity index (χ1) is 8.56. The Kier molecular flexibility index (Phi) is 3.67. The van der Waals surface area contributed by atoms with Crippen LogP contribution in [0.3, 0.4) is 0 Å². The van der Waals surface area contributed by atoms with Gasteiger partial charge in [-0.1, -0.05) is 12.1 Å². The quantitative estimate of drug-likeness (QED) is 0.899. The highest BCUT2D eigenvalue weighted by Gasteiger charge is 2.05. The van der Waals surface area contributed by atoms with Gasteiger partial charge in [-0.15, -0.1) is 0 Å². The fourth-order valence-corrected chi connectivity index (χ4v) is 1.81. The molecule has 0 aliphatic rings. The number of nitrogens with two attached hydrogens (primary N) is 1. The van der Waals surface area contributed by atoms with Crippen molar-refractivity contribution >= 4 is 0 Å². The molecule has 4 heteroatoms. The minimum atomic E-state index is 0.0496. The van der Waals surface area contributed by atoms with Crippen molar-refractivity contribution in [3.63, 3.8) is 0 Å². The third-order valence-corrected chi connectivity index (χ3v) is 2.87. The maximum Gasteiger partial charge on any atom is 0.132 e. The summed E-state index contributed by atoms with van der Waals surface area (Å²) in [5, 5.41) is 4.27. The van der Waals surface area contributed by atoms with E-state index in [0.29, 0.717) is 6.61 Å². The largest absolute Gasteiger partial charge is 0.487 e. The Balaban J connectivity index is 2.05. The number of nitrogens with zero attached hydrogens (tertiary/aromatic N) is 2. The minimum absolute atomic E-state index is 0.0496. The molecule has 1 atom stereocenters. The van der Waals surface area contributed by atoms with Crippen molar-refractivity contribution < 1.29 is 4.74 Å². The third kappa shape index (κ3) is 2.90. The number of hydrogen-bond acceptors (Lipinski definition) is 3. The molecule has 0 unspecified atom stereocenters. The number of rotatable bonds is 4. The van der Waals surface area contributed by atoms with Crippen molar-refractivity contribution in [2.45, 2.75) is 26.5 Å². The second kappa shape index (κ2) is 5.23. The molecule has 0 aliphatic heterocycles. The predicted molar refractivity (Wildman–Crippen MR) is 71.3 cm³/mol. The first-order valence-corrected chi connectivity index (χ1v) is 6.03. The van der Waals surface area contributed by atoms with Crippen molar-refractivity contribution in [2.24, 2.45) is 12.8 Å². The van der Waals surface area contributed by atoms with Gasteiger partial charge in [0.2, 0.25) is 0 Å². The molecule has 1 aromatic heterocycles. The smallest absolute Gasteiger partial charge is 0.132 e. The summed E-state index contributed by atoms with van der Waals surface area (Å²) in [4.78, 5) is 0. The highest BCUT2D eigenvalue weighted by atomic mass is 16.5. The summed E-state index contributed by atoms with van der Waals surface area (Å²) in [5.41, 5.74) is 8.99. The second-order valence-electron chi connectivity index (χ2n) is 4.58. The standard InChI is InChI=1S/C14H19N3O/c1-10-8-12(11(2)15)4-5-14(10)18-9-13-6-7-17(3)16-13/h4-8,11H,9,15H2,1-3H3/t11-/m0/s1. The monoisotopic (exact) mass is 245 g/mol. The van der Waals surface area contributed by atoms with Crippen LogP contribution in [0.25, 0.3) is 0 Å². The van der Waals surface area contributed by atoms with Gasteiger partial charge in [-0.2, -0.15) is 5.10 Å². The van der Waals surface area contributed by atoms with Crippen LogP contribution in [0.4, 0.5) is 0 Å². The van der Waals surface area contributed by atoms with Crippen LogP contribution in [0, 0.1) is 6.92 Å². The Morgan fingerprint density at radius 3 is 2.72 bits per heavy atom. The summed E-state index contributed by atoms with van der Waals surface area (Å²) in [5.74, 6) is 0.880. The van der Waals surface area contributed by atoms with Gasteiger partial charge in [0.05, 0.1) is 5.69 Å². The van der Waals surface area contributed by atoms with E-state index >= 15 is 0 Å². The minimum Gasteiger partial charge on any atom is -0.487 e. The van der Waals surface area contributed by atoms with Crippen molar-refractivity contribution in [1.82, 2.24) is 9.78 Å². The summed E-state index contributed by atoms with van der Waals surface area (Å²) < 4.78 is 7.52. The lowest BCUT2D eigenvalue weighted by molar-refractivity contribution is 0.298. The van der Waals surface area contributed by atoms with E-state index in [2.05, 4.69) is 11.2 Å². The first-order valence-electron chi connectivity index (χ1n) is 6.03. The molecule has 18 heavy (non-hydrogen) atoms. The van der Waals surface area contributed by atoms with Crippen molar-refractivity contribution in [1.29, 1.82) is 0 Å². The number of aryl methyl sites for hydroxylation is 2. The lowest BCUT2D eigenvalue weighted by Gasteiger charge is -2.11. The molecule has 0 saturated carbocycles. The highest BCUT2D eigenvalue weighted by Crippen LogP contribution is 2.22. The molecule has 2 N–H and O–H groups in total. The van der Waals surface area contributed by atoms with Gasteiger partial charge in [-0.05, 0) is 37.1 Å². The predicted octanol–water partition coefficient (Wildman–Crippen LogP) is 2.33. The van der Waals surface area contributed by atoms with Crippen LogP contribution in [0.1, 0.15) is 29.8 Å². The van der Waals surface area contributed by atoms with Gasteiger partial charge in [0.15, 0.2) is 0 Å². The molecule has 1 aromatic carbocycles. The van der Waals surface area contributed by atoms with Gasteiger partial charge < -0.3 is 10.5 Å². The first kappa shape index (κ1) is 12.6. The Hall–Kier alpha value is -1.81. The van der Waals surface area contributed by atoms with E-state index in [1.807, 2.05) is 45.3 Å². The highest BCUT2D eigenvalue weighted by molar-refractivity contribution is 5.37. The van der Waals surface area contributed by atoms with Crippen molar-refractivity contribution in [2.75, 3.05) is 0 Å². The molecule has 0 fully saturated rings. The average molecular weight is 245 g/mol. The van der Waals surface area contributed by atoms with Crippen LogP contribution in [0.2, 0.25) is 0 Å². The average Bonchev–Trinajstić information content (AvgIpc) is 2.73. The third-order valence-electron chi connectivity index (χ3n) is 2.87. The van der Waals surface area contributed by atoms with E-state index in [1.165, 1.54) is 0 Å². The van der Waals surface area contributed by atoms with Crippen molar-refractivity contribution in [3.8, 4) is 5.75 Å². The van der Waals surface area contributed by atoms with E-state index in [9.17, 15) is 0 Å². The molecule has 2 rings (SSSR count). The van der Waals surface area contributed by atoms with E-state index in [-0.39, 0.29) is 6.04 Å². The van der Waals surface area contributed by atoms with Crippen LogP contribution in [0.5, 0.6) is 5.75 Å². The fourth-order valence-electron chi connectivity index (χ4n) is 1.81. The fraction of sp³-hybridized carbons (Fsp3) is 0.357. The number of aromatic nitrogens is 2. The zero-order chi connectivity index (χ0) is 13.1. The van der Waals surface area contributed by atoms with Crippen molar-refractivity contribution in [3.05, 3.63) is 47.3 Å². The number of benzene rings is 1. The van der Waals surface area contributed by atoms with Gasteiger partial charge in [-0.3, -0.25) is 4.68 Å². The molecule has 0 amide bonds. The van der Waals surface area contributed by atoms with Gasteiger partial charge >= 0.3 is 0 Å². The molecule has 0 bridgehead atoms. The molecule has 0 aliphatic carbocycles. The van der Waals surface area contributed by atoms with E-state index in [0.717, 1.165) is 22.6 Å². The molecule has 0 radical (unpaired) electrons. The maximum atomic E-state index is 5.85. The molecular formula is C14H19N3O. The van der Waals surface area contributed by atoms with E-state index < -0.39 is 0 Å². The molecule has 1 heterocycles. The van der Waals surface area contributed by atoms with Gasteiger partial charge in [0.25, 0.3) is 0 Å². The van der Waals surface area contributed by atoms with Crippen LogP contribution >= 0.6 is 0 Å². The van der Waals surface area contributed by atoms with E-state index in [4.69, 9.17) is 10.5 Å². The topological polar surface area (TPSA) is 53.1 Å². The molecule has 2 aromatic rings. The SMILES string of the molecule is Cc1cc([C@H](C)N)ccc1OCc1ccn(C)n1. The number of hydrogen-bond donors (Lipinski definition) is 1. The molecule has 0 saturated heterocycles. The summed E-state index contributed by atoms with van der Waals surface area (Å²) in [6.07, 6.45) is 1.91.